The third kappa shape index (κ3) is 6.09. The van der Waals surface area contributed by atoms with E-state index in [9.17, 15) is 4.79 Å². The highest BCUT2D eigenvalue weighted by molar-refractivity contribution is 5.85. The topological polar surface area (TPSA) is 76.1 Å². The highest BCUT2D eigenvalue weighted by Crippen LogP contribution is 2.38. The van der Waals surface area contributed by atoms with Crippen LogP contribution in [-0.4, -0.2) is 87.1 Å². The Bertz CT molecular complexity index is 750. The maximum atomic E-state index is 12.8. The van der Waals surface area contributed by atoms with Gasteiger partial charge in [0.25, 0.3) is 0 Å². The Kier molecular flexibility index (Phi) is 8.12. The molecule has 31 heavy (non-hydrogen) atoms. The van der Waals surface area contributed by atoms with E-state index in [-0.39, 0.29) is 11.3 Å². The van der Waals surface area contributed by atoms with Crippen LogP contribution in [-0.2, 0) is 11.3 Å². The van der Waals surface area contributed by atoms with Gasteiger partial charge in [0.2, 0.25) is 5.91 Å². The number of aromatic nitrogens is 1. The number of nitrogens with one attached hydrogen (secondary N) is 2. The number of rotatable bonds is 7. The van der Waals surface area contributed by atoms with E-state index in [1.54, 1.807) is 4.90 Å². The fourth-order valence-corrected chi connectivity index (χ4v) is 4.52. The second-order valence-electron chi connectivity index (χ2n) is 9.05. The molecule has 2 aliphatic rings. The molecule has 0 bridgehead atoms. The van der Waals surface area contributed by atoms with Gasteiger partial charge in [-0.3, -0.25) is 4.79 Å². The normalized spacial score (nSPS) is 19.4. The van der Waals surface area contributed by atoms with Crippen molar-refractivity contribution in [2.75, 3.05) is 65.3 Å². The van der Waals surface area contributed by atoms with E-state index < -0.39 is 0 Å². The lowest BCUT2D eigenvalue weighted by Crippen LogP contribution is -2.49. The summed E-state index contributed by atoms with van der Waals surface area (Å²) < 4.78 is 0. The summed E-state index contributed by atoms with van der Waals surface area (Å²) in [5.74, 6) is 2.01. The van der Waals surface area contributed by atoms with Gasteiger partial charge in [0, 0.05) is 59.6 Å². The second-order valence-corrected chi connectivity index (χ2v) is 9.05. The molecule has 0 spiro atoms. The number of hydrogen-bond acceptors (Lipinski definition) is 5. The molecule has 1 aromatic rings. The minimum atomic E-state index is -0.315. The molecule has 1 aromatic heterocycles. The molecule has 2 N–H and O–H groups in total. The number of guanidine groups is 1. The van der Waals surface area contributed by atoms with Crippen molar-refractivity contribution in [3.05, 3.63) is 23.9 Å². The minimum Gasteiger partial charge on any atom is -0.357 e. The number of likely N-dealkylation sites (N-methyl/N-ethyl adjacent to an activating group) is 1. The van der Waals surface area contributed by atoms with Crippen LogP contribution in [0.4, 0.5) is 5.82 Å². The molecule has 8 heteroatoms. The lowest BCUT2D eigenvalue weighted by molar-refractivity contribution is -0.138. The highest BCUT2D eigenvalue weighted by Gasteiger charge is 2.42. The van der Waals surface area contributed by atoms with E-state index >= 15 is 0 Å². The second kappa shape index (κ2) is 10.8. The summed E-state index contributed by atoms with van der Waals surface area (Å²) in [5.41, 5.74) is 0.825. The van der Waals surface area contributed by atoms with Crippen LogP contribution in [0.1, 0.15) is 38.2 Å². The maximum absolute atomic E-state index is 12.8. The number of pyridine rings is 1. The first-order valence-corrected chi connectivity index (χ1v) is 11.6. The molecule has 3 rings (SSSR count). The SMILES string of the molecule is CCNC(=NCc1ccnc(N2CCN(C)CC2)c1)NCC1(C(=O)N(C)C)CCCC1. The third-order valence-corrected chi connectivity index (χ3v) is 6.42. The van der Waals surface area contributed by atoms with Crippen LogP contribution in [0.3, 0.4) is 0 Å². The summed E-state index contributed by atoms with van der Waals surface area (Å²) in [6.07, 6.45) is 5.98. The quantitative estimate of drug-likeness (QED) is 0.506. The fourth-order valence-electron chi connectivity index (χ4n) is 4.52. The first-order chi connectivity index (χ1) is 14.9. The lowest BCUT2D eigenvalue weighted by atomic mass is 9.84. The summed E-state index contributed by atoms with van der Waals surface area (Å²) in [6.45, 7) is 8.17. The monoisotopic (exact) mass is 429 g/mol. The zero-order valence-corrected chi connectivity index (χ0v) is 19.7. The van der Waals surface area contributed by atoms with Gasteiger partial charge < -0.3 is 25.3 Å². The van der Waals surface area contributed by atoms with Crippen molar-refractivity contribution in [1.82, 2.24) is 25.4 Å². The number of piperazine rings is 1. The summed E-state index contributed by atoms with van der Waals surface area (Å²) in [6, 6.07) is 4.17. The van der Waals surface area contributed by atoms with Gasteiger partial charge in [-0.25, -0.2) is 9.98 Å². The predicted molar refractivity (Wildman–Crippen MR) is 126 cm³/mol. The molecule has 0 atom stereocenters. The van der Waals surface area contributed by atoms with Gasteiger partial charge in [0.15, 0.2) is 5.96 Å². The summed E-state index contributed by atoms with van der Waals surface area (Å²) in [7, 11) is 5.86. The fraction of sp³-hybridized carbons (Fsp3) is 0.696. The van der Waals surface area contributed by atoms with E-state index in [0.717, 1.165) is 75.7 Å². The number of hydrogen-bond donors (Lipinski definition) is 2. The number of aliphatic imine (C=N–C) groups is 1. The van der Waals surface area contributed by atoms with Crippen molar-refractivity contribution in [2.24, 2.45) is 10.4 Å². The van der Waals surface area contributed by atoms with E-state index in [0.29, 0.717) is 13.1 Å². The molecule has 0 unspecified atom stereocenters. The number of nitrogens with zero attached hydrogens (tertiary/aromatic N) is 5. The molecule has 0 aromatic carbocycles. The van der Waals surface area contributed by atoms with Crippen LogP contribution in [0.2, 0.25) is 0 Å². The number of anilines is 1. The summed E-state index contributed by atoms with van der Waals surface area (Å²) in [5, 5.41) is 6.78. The van der Waals surface area contributed by atoms with Gasteiger partial charge in [-0.15, -0.1) is 0 Å². The average Bonchev–Trinajstić information content (AvgIpc) is 3.26. The molecule has 0 radical (unpaired) electrons. The molecular formula is C23H39N7O. The number of carbonyl (C=O) groups is 1. The minimum absolute atomic E-state index is 0.222. The van der Waals surface area contributed by atoms with Gasteiger partial charge >= 0.3 is 0 Å². The molecular weight excluding hydrogens is 390 g/mol. The van der Waals surface area contributed by atoms with Crippen molar-refractivity contribution in [1.29, 1.82) is 0 Å². The molecule has 2 heterocycles. The summed E-state index contributed by atoms with van der Waals surface area (Å²) in [4.78, 5) is 28.6. The van der Waals surface area contributed by atoms with Gasteiger partial charge in [-0.1, -0.05) is 12.8 Å². The van der Waals surface area contributed by atoms with Gasteiger partial charge in [0.05, 0.1) is 12.0 Å². The Hall–Kier alpha value is -2.35. The van der Waals surface area contributed by atoms with Gasteiger partial charge in [0.1, 0.15) is 5.82 Å². The predicted octanol–water partition coefficient (Wildman–Crippen LogP) is 1.54. The number of carbonyl (C=O) groups excluding carboxylic acids is 1. The zero-order chi connectivity index (χ0) is 22.3. The van der Waals surface area contributed by atoms with Crippen LogP contribution >= 0.6 is 0 Å². The zero-order valence-electron chi connectivity index (χ0n) is 19.7. The van der Waals surface area contributed by atoms with E-state index in [1.807, 2.05) is 26.4 Å². The van der Waals surface area contributed by atoms with E-state index in [4.69, 9.17) is 4.99 Å². The van der Waals surface area contributed by atoms with E-state index in [1.165, 1.54) is 0 Å². The van der Waals surface area contributed by atoms with Crippen LogP contribution in [0.5, 0.6) is 0 Å². The van der Waals surface area contributed by atoms with Crippen molar-refractivity contribution >= 4 is 17.7 Å². The summed E-state index contributed by atoms with van der Waals surface area (Å²) >= 11 is 0. The van der Waals surface area contributed by atoms with Crippen LogP contribution < -0.4 is 15.5 Å². The molecule has 8 nitrogen and oxygen atoms in total. The molecule has 1 saturated heterocycles. The van der Waals surface area contributed by atoms with Gasteiger partial charge in [-0.05, 0) is 44.5 Å². The molecule has 1 aliphatic heterocycles. The Morgan fingerprint density at radius 1 is 1.19 bits per heavy atom. The van der Waals surface area contributed by atoms with E-state index in [2.05, 4.69) is 45.5 Å². The molecule has 172 valence electrons. The maximum Gasteiger partial charge on any atom is 0.230 e. The van der Waals surface area contributed by atoms with Crippen molar-refractivity contribution in [3.8, 4) is 0 Å². The lowest BCUT2D eigenvalue weighted by Gasteiger charge is -2.33. The Morgan fingerprint density at radius 2 is 1.90 bits per heavy atom. The third-order valence-electron chi connectivity index (χ3n) is 6.42. The molecule has 1 aliphatic carbocycles. The van der Waals surface area contributed by atoms with Crippen LogP contribution in [0.15, 0.2) is 23.3 Å². The molecule has 2 fully saturated rings. The number of amides is 1. The highest BCUT2D eigenvalue weighted by atomic mass is 16.2. The Balaban J connectivity index is 1.64. The first-order valence-electron chi connectivity index (χ1n) is 11.6. The first kappa shape index (κ1) is 23.3. The Labute approximate surface area is 187 Å². The Morgan fingerprint density at radius 3 is 2.55 bits per heavy atom. The molecule has 1 amide bonds. The van der Waals surface area contributed by atoms with Crippen molar-refractivity contribution < 1.29 is 4.79 Å². The van der Waals surface area contributed by atoms with Gasteiger partial charge in [-0.2, -0.15) is 0 Å². The van der Waals surface area contributed by atoms with Crippen LogP contribution in [0.25, 0.3) is 0 Å². The van der Waals surface area contributed by atoms with Crippen molar-refractivity contribution in [3.63, 3.8) is 0 Å². The smallest absolute Gasteiger partial charge is 0.230 e. The molecule has 1 saturated carbocycles. The van der Waals surface area contributed by atoms with Crippen LogP contribution in [0, 0.1) is 5.41 Å². The average molecular weight is 430 g/mol. The standard InChI is InChI=1S/C23H39N7O/c1-5-24-22(27-18-23(9-6-7-10-23)21(31)28(2)3)26-17-19-8-11-25-20(16-19)30-14-12-29(4)13-15-30/h8,11,16H,5-7,9-10,12-15,17-18H2,1-4H3,(H2,24,26,27). The van der Waals surface area contributed by atoms with Crippen molar-refractivity contribution in [2.45, 2.75) is 39.2 Å². The largest absolute Gasteiger partial charge is 0.357 e.